The van der Waals surface area contributed by atoms with Gasteiger partial charge < -0.3 is 10.0 Å². The molecule has 1 heterocycles. The van der Waals surface area contributed by atoms with Gasteiger partial charge in [-0.15, -0.1) is 0 Å². The molecule has 0 spiro atoms. The minimum atomic E-state index is -0.128. The molecule has 0 unspecified atom stereocenters. The molecule has 1 aliphatic heterocycles. The average Bonchev–Trinajstić information content (AvgIpc) is 2.37. The SMILES string of the molecule is N#CCCCN1CC[C@@H](O)C1. The van der Waals surface area contributed by atoms with Crippen molar-refractivity contribution >= 4 is 0 Å². The Kier molecular flexibility index (Phi) is 3.34. The number of aliphatic hydroxyl groups is 1. The van der Waals surface area contributed by atoms with E-state index in [2.05, 4.69) is 11.0 Å². The van der Waals surface area contributed by atoms with Crippen molar-refractivity contribution in [1.29, 1.82) is 5.26 Å². The summed E-state index contributed by atoms with van der Waals surface area (Å²) in [4.78, 5) is 2.21. The van der Waals surface area contributed by atoms with Crippen molar-refractivity contribution in [2.45, 2.75) is 25.4 Å². The van der Waals surface area contributed by atoms with E-state index in [9.17, 15) is 0 Å². The van der Waals surface area contributed by atoms with Crippen LogP contribution >= 0.6 is 0 Å². The molecule has 11 heavy (non-hydrogen) atoms. The Bertz CT molecular complexity index is 153. The van der Waals surface area contributed by atoms with Gasteiger partial charge in [-0.1, -0.05) is 0 Å². The molecule has 1 atom stereocenters. The van der Waals surface area contributed by atoms with Gasteiger partial charge in [0, 0.05) is 19.5 Å². The highest BCUT2D eigenvalue weighted by Crippen LogP contribution is 2.08. The molecule has 3 heteroatoms. The second-order valence-electron chi connectivity index (χ2n) is 3.00. The monoisotopic (exact) mass is 154 g/mol. The molecule has 3 nitrogen and oxygen atoms in total. The Balaban J connectivity index is 2.05. The Morgan fingerprint density at radius 2 is 2.45 bits per heavy atom. The van der Waals surface area contributed by atoms with Crippen LogP contribution in [0, 0.1) is 11.3 Å². The fraction of sp³-hybridized carbons (Fsp3) is 0.875. The predicted molar refractivity (Wildman–Crippen MR) is 41.9 cm³/mol. The number of nitrogens with zero attached hydrogens (tertiary/aromatic N) is 2. The van der Waals surface area contributed by atoms with Crippen LogP contribution in [0.25, 0.3) is 0 Å². The highest BCUT2D eigenvalue weighted by atomic mass is 16.3. The molecule has 0 radical (unpaired) electrons. The molecule has 0 amide bonds. The van der Waals surface area contributed by atoms with Gasteiger partial charge in [0.15, 0.2) is 0 Å². The summed E-state index contributed by atoms with van der Waals surface area (Å²) in [5.41, 5.74) is 0. The van der Waals surface area contributed by atoms with Crippen LogP contribution < -0.4 is 0 Å². The topological polar surface area (TPSA) is 47.3 Å². The van der Waals surface area contributed by atoms with Gasteiger partial charge in [0.1, 0.15) is 0 Å². The normalized spacial score (nSPS) is 25.3. The minimum Gasteiger partial charge on any atom is -0.392 e. The molecule has 1 rings (SSSR count). The summed E-state index contributed by atoms with van der Waals surface area (Å²) in [6.45, 7) is 2.75. The summed E-state index contributed by atoms with van der Waals surface area (Å²) in [7, 11) is 0. The predicted octanol–water partition coefficient (Wildman–Crippen LogP) is 0.357. The number of likely N-dealkylation sites (tertiary alicyclic amines) is 1. The van der Waals surface area contributed by atoms with Gasteiger partial charge in [-0.05, 0) is 19.4 Å². The molecule has 0 saturated carbocycles. The van der Waals surface area contributed by atoms with Gasteiger partial charge in [0.2, 0.25) is 0 Å². The van der Waals surface area contributed by atoms with Gasteiger partial charge >= 0.3 is 0 Å². The van der Waals surface area contributed by atoms with Crippen LogP contribution in [0.4, 0.5) is 0 Å². The minimum absolute atomic E-state index is 0.128. The summed E-state index contributed by atoms with van der Waals surface area (Å²) >= 11 is 0. The fourth-order valence-corrected chi connectivity index (χ4v) is 1.40. The first-order chi connectivity index (χ1) is 5.33. The Labute approximate surface area is 67.2 Å². The van der Waals surface area contributed by atoms with Crippen molar-refractivity contribution < 1.29 is 5.11 Å². The van der Waals surface area contributed by atoms with E-state index in [1.807, 2.05) is 0 Å². The van der Waals surface area contributed by atoms with E-state index >= 15 is 0 Å². The van der Waals surface area contributed by atoms with E-state index in [0.29, 0.717) is 6.42 Å². The van der Waals surface area contributed by atoms with Crippen molar-refractivity contribution in [1.82, 2.24) is 4.90 Å². The van der Waals surface area contributed by atoms with E-state index in [1.165, 1.54) is 0 Å². The smallest absolute Gasteiger partial charge is 0.0679 e. The molecule has 1 aliphatic rings. The lowest BCUT2D eigenvalue weighted by molar-refractivity contribution is 0.176. The molecule has 0 aromatic carbocycles. The largest absolute Gasteiger partial charge is 0.392 e. The third-order valence-corrected chi connectivity index (χ3v) is 2.01. The fourth-order valence-electron chi connectivity index (χ4n) is 1.40. The number of hydrogen-bond donors (Lipinski definition) is 1. The Morgan fingerprint density at radius 3 is 3.00 bits per heavy atom. The van der Waals surface area contributed by atoms with Crippen molar-refractivity contribution in [2.75, 3.05) is 19.6 Å². The Hall–Kier alpha value is -0.590. The molecule has 1 saturated heterocycles. The second kappa shape index (κ2) is 4.32. The summed E-state index contributed by atoms with van der Waals surface area (Å²) in [6.07, 6.45) is 2.33. The quantitative estimate of drug-likeness (QED) is 0.597. The van der Waals surface area contributed by atoms with Crippen molar-refractivity contribution in [2.24, 2.45) is 0 Å². The maximum atomic E-state index is 9.15. The zero-order chi connectivity index (χ0) is 8.10. The number of unbranched alkanes of at least 4 members (excludes halogenated alkanes) is 1. The molecule has 0 aliphatic carbocycles. The number of β-amino-alcohol motifs (C(OH)–C–C–N with tert-alkyl or cyclic N) is 1. The molecular weight excluding hydrogens is 140 g/mol. The summed E-state index contributed by atoms with van der Waals surface area (Å²) in [5.74, 6) is 0. The lowest BCUT2D eigenvalue weighted by Gasteiger charge is -2.12. The second-order valence-corrected chi connectivity index (χ2v) is 3.00. The summed E-state index contributed by atoms with van der Waals surface area (Å²) in [6, 6.07) is 2.11. The molecule has 1 fully saturated rings. The van der Waals surface area contributed by atoms with Gasteiger partial charge in [0.05, 0.1) is 12.2 Å². The lowest BCUT2D eigenvalue weighted by atomic mass is 10.3. The maximum Gasteiger partial charge on any atom is 0.0679 e. The first kappa shape index (κ1) is 8.51. The molecule has 62 valence electrons. The van der Waals surface area contributed by atoms with Crippen molar-refractivity contribution in [3.63, 3.8) is 0 Å². The van der Waals surface area contributed by atoms with Crippen LogP contribution in [0.1, 0.15) is 19.3 Å². The van der Waals surface area contributed by atoms with E-state index in [4.69, 9.17) is 10.4 Å². The third kappa shape index (κ3) is 2.87. The third-order valence-electron chi connectivity index (χ3n) is 2.01. The lowest BCUT2D eigenvalue weighted by Crippen LogP contribution is -2.22. The van der Waals surface area contributed by atoms with E-state index < -0.39 is 0 Å². The number of aliphatic hydroxyl groups excluding tert-OH is 1. The van der Waals surface area contributed by atoms with Crippen LogP contribution in [0.3, 0.4) is 0 Å². The van der Waals surface area contributed by atoms with Crippen molar-refractivity contribution in [3.8, 4) is 6.07 Å². The standard InChI is InChI=1S/C8H14N2O/c9-4-1-2-5-10-6-3-8(11)7-10/h8,11H,1-3,5-7H2/t8-/m1/s1. The first-order valence-electron chi connectivity index (χ1n) is 4.10. The van der Waals surface area contributed by atoms with Gasteiger partial charge in [-0.2, -0.15) is 5.26 Å². The van der Waals surface area contributed by atoms with Crippen LogP contribution in [0.15, 0.2) is 0 Å². The van der Waals surface area contributed by atoms with Crippen LogP contribution in [-0.4, -0.2) is 35.7 Å². The molecule has 1 N–H and O–H groups in total. The molecule has 0 aromatic rings. The van der Waals surface area contributed by atoms with Crippen LogP contribution in [0.2, 0.25) is 0 Å². The highest BCUT2D eigenvalue weighted by molar-refractivity contribution is 4.76. The maximum absolute atomic E-state index is 9.15. The highest BCUT2D eigenvalue weighted by Gasteiger charge is 2.18. The number of rotatable bonds is 3. The van der Waals surface area contributed by atoms with Gasteiger partial charge in [-0.3, -0.25) is 0 Å². The summed E-state index contributed by atoms with van der Waals surface area (Å²) < 4.78 is 0. The Morgan fingerprint density at radius 1 is 1.64 bits per heavy atom. The molecular formula is C8H14N2O. The van der Waals surface area contributed by atoms with Gasteiger partial charge in [0.25, 0.3) is 0 Å². The van der Waals surface area contributed by atoms with Crippen molar-refractivity contribution in [3.05, 3.63) is 0 Å². The van der Waals surface area contributed by atoms with Crippen LogP contribution in [0.5, 0.6) is 0 Å². The van der Waals surface area contributed by atoms with E-state index in [1.54, 1.807) is 0 Å². The molecule has 0 aromatic heterocycles. The zero-order valence-electron chi connectivity index (χ0n) is 6.66. The zero-order valence-corrected chi connectivity index (χ0v) is 6.66. The van der Waals surface area contributed by atoms with Crippen LogP contribution in [-0.2, 0) is 0 Å². The molecule has 0 bridgehead atoms. The summed E-state index contributed by atoms with van der Waals surface area (Å²) in [5, 5.41) is 17.4. The first-order valence-corrected chi connectivity index (χ1v) is 4.10. The number of nitriles is 1. The average molecular weight is 154 g/mol. The number of hydrogen-bond acceptors (Lipinski definition) is 3. The van der Waals surface area contributed by atoms with E-state index in [-0.39, 0.29) is 6.10 Å². The van der Waals surface area contributed by atoms with Gasteiger partial charge in [-0.25, -0.2) is 0 Å². The van der Waals surface area contributed by atoms with E-state index in [0.717, 1.165) is 32.5 Å².